The molecule has 0 unspecified atom stereocenters. The number of nitrogens with zero attached hydrogens (tertiary/aromatic N) is 3. The van der Waals surface area contributed by atoms with Gasteiger partial charge in [-0.1, -0.05) is 5.21 Å². The number of rotatable bonds is 4. The maximum Gasteiger partial charge on any atom is 0.0850 e. The Labute approximate surface area is 99.7 Å². The molecule has 0 fully saturated rings. The van der Waals surface area contributed by atoms with Crippen molar-refractivity contribution in [3.63, 3.8) is 0 Å². The highest BCUT2D eigenvalue weighted by Gasteiger charge is 2.02. The maximum absolute atomic E-state index is 8.74. The molecule has 0 aromatic carbocycles. The van der Waals surface area contributed by atoms with Crippen molar-refractivity contribution in [2.45, 2.75) is 13.0 Å². The summed E-state index contributed by atoms with van der Waals surface area (Å²) in [5.74, 6) is 0. The molecular formula is C9H10BrN3OS. The lowest BCUT2D eigenvalue weighted by atomic mass is 10.3. The lowest BCUT2D eigenvalue weighted by molar-refractivity contribution is 0.298. The van der Waals surface area contributed by atoms with Gasteiger partial charge in [-0.2, -0.15) is 0 Å². The molecule has 0 radical (unpaired) electrons. The van der Waals surface area contributed by atoms with Gasteiger partial charge in [0.05, 0.1) is 16.0 Å². The van der Waals surface area contributed by atoms with Crippen LogP contribution < -0.4 is 0 Å². The first-order chi connectivity index (χ1) is 7.28. The molecule has 2 heterocycles. The van der Waals surface area contributed by atoms with Crippen LogP contribution in [-0.2, 0) is 13.0 Å². The molecule has 2 aromatic heterocycles. The Kier molecular flexibility index (Phi) is 3.50. The van der Waals surface area contributed by atoms with Crippen molar-refractivity contribution in [2.75, 3.05) is 6.61 Å². The van der Waals surface area contributed by atoms with Crippen LogP contribution in [-0.4, -0.2) is 26.7 Å². The van der Waals surface area contributed by atoms with Crippen LogP contribution in [0.15, 0.2) is 22.1 Å². The van der Waals surface area contributed by atoms with E-state index in [0.717, 1.165) is 16.0 Å². The average Bonchev–Trinajstić information content (AvgIpc) is 2.78. The molecule has 6 heteroatoms. The molecule has 0 aliphatic rings. The molecule has 0 amide bonds. The van der Waals surface area contributed by atoms with Crippen LogP contribution in [0.25, 0.3) is 0 Å². The van der Waals surface area contributed by atoms with E-state index in [9.17, 15) is 0 Å². The molecule has 0 saturated heterocycles. The van der Waals surface area contributed by atoms with E-state index in [1.54, 1.807) is 16.0 Å². The Morgan fingerprint density at radius 1 is 1.47 bits per heavy atom. The largest absolute Gasteiger partial charge is 0.396 e. The number of hydrogen-bond donors (Lipinski definition) is 1. The Morgan fingerprint density at radius 2 is 2.33 bits per heavy atom. The number of aromatic nitrogens is 3. The number of hydrogen-bond acceptors (Lipinski definition) is 4. The maximum atomic E-state index is 8.74. The van der Waals surface area contributed by atoms with Gasteiger partial charge >= 0.3 is 0 Å². The van der Waals surface area contributed by atoms with Gasteiger partial charge in [0.15, 0.2) is 0 Å². The van der Waals surface area contributed by atoms with Crippen molar-refractivity contribution >= 4 is 27.3 Å². The van der Waals surface area contributed by atoms with Gasteiger partial charge in [-0.05, 0) is 28.1 Å². The normalized spacial score (nSPS) is 10.8. The van der Waals surface area contributed by atoms with E-state index in [2.05, 4.69) is 32.3 Å². The van der Waals surface area contributed by atoms with Crippen LogP contribution in [0.5, 0.6) is 0 Å². The summed E-state index contributed by atoms with van der Waals surface area (Å²) in [5.41, 5.74) is 0.827. The van der Waals surface area contributed by atoms with Crippen LogP contribution in [0, 0.1) is 0 Å². The molecule has 0 spiro atoms. The van der Waals surface area contributed by atoms with Crippen molar-refractivity contribution in [2.24, 2.45) is 0 Å². The molecule has 4 nitrogen and oxygen atoms in total. The Bertz CT molecular complexity index is 440. The summed E-state index contributed by atoms with van der Waals surface area (Å²) in [6.45, 7) is 0.845. The fourth-order valence-electron chi connectivity index (χ4n) is 1.24. The SMILES string of the molecule is OCCc1cn(Cc2ccc(Br)s2)nn1. The Hall–Kier alpha value is -0.720. The van der Waals surface area contributed by atoms with Crippen LogP contribution in [0.1, 0.15) is 10.6 Å². The van der Waals surface area contributed by atoms with Crippen molar-refractivity contribution < 1.29 is 5.11 Å². The average molecular weight is 288 g/mol. The van der Waals surface area contributed by atoms with Crippen LogP contribution >= 0.6 is 27.3 Å². The van der Waals surface area contributed by atoms with Crippen LogP contribution in [0.3, 0.4) is 0 Å². The third-order valence-corrected chi connectivity index (χ3v) is 3.51. The van der Waals surface area contributed by atoms with Crippen molar-refractivity contribution in [1.82, 2.24) is 15.0 Å². The molecule has 2 rings (SSSR count). The summed E-state index contributed by atoms with van der Waals surface area (Å²) in [6, 6.07) is 4.08. The Balaban J connectivity index is 2.04. The van der Waals surface area contributed by atoms with E-state index in [0.29, 0.717) is 6.42 Å². The first-order valence-corrected chi connectivity index (χ1v) is 6.13. The topological polar surface area (TPSA) is 50.9 Å². The van der Waals surface area contributed by atoms with Gasteiger partial charge in [0.25, 0.3) is 0 Å². The van der Waals surface area contributed by atoms with E-state index in [-0.39, 0.29) is 6.61 Å². The van der Waals surface area contributed by atoms with E-state index < -0.39 is 0 Å². The minimum absolute atomic E-state index is 0.114. The first kappa shape index (κ1) is 10.8. The lowest BCUT2D eigenvalue weighted by Crippen LogP contribution is -1.98. The molecule has 0 atom stereocenters. The molecule has 80 valence electrons. The number of aliphatic hydroxyl groups excluding tert-OH is 1. The summed E-state index contributed by atoms with van der Waals surface area (Å²) in [7, 11) is 0. The summed E-state index contributed by atoms with van der Waals surface area (Å²) >= 11 is 5.10. The molecule has 0 saturated carbocycles. The first-order valence-electron chi connectivity index (χ1n) is 4.52. The Morgan fingerprint density at radius 3 is 3.00 bits per heavy atom. The molecule has 0 bridgehead atoms. The second kappa shape index (κ2) is 4.87. The highest BCUT2D eigenvalue weighted by molar-refractivity contribution is 9.11. The van der Waals surface area contributed by atoms with Gasteiger partial charge < -0.3 is 5.11 Å². The molecule has 1 N–H and O–H groups in total. The van der Waals surface area contributed by atoms with Gasteiger partial charge in [-0.15, -0.1) is 16.4 Å². The fourth-order valence-corrected chi connectivity index (χ4v) is 2.72. The summed E-state index contributed by atoms with van der Waals surface area (Å²) in [5, 5.41) is 16.7. The minimum atomic E-state index is 0.114. The highest BCUT2D eigenvalue weighted by atomic mass is 79.9. The minimum Gasteiger partial charge on any atom is -0.396 e. The number of aliphatic hydroxyl groups is 1. The standard InChI is InChI=1S/C9H10BrN3OS/c10-9-2-1-8(15-9)6-13-5-7(3-4-14)11-12-13/h1-2,5,14H,3-4,6H2. The number of halogens is 1. The molecule has 15 heavy (non-hydrogen) atoms. The lowest BCUT2D eigenvalue weighted by Gasteiger charge is -1.94. The zero-order valence-electron chi connectivity index (χ0n) is 7.93. The van der Waals surface area contributed by atoms with Crippen LogP contribution in [0.4, 0.5) is 0 Å². The van der Waals surface area contributed by atoms with Gasteiger partial charge in [0.1, 0.15) is 0 Å². The predicted octanol–water partition coefficient (Wildman–Crippen LogP) is 1.69. The van der Waals surface area contributed by atoms with Gasteiger partial charge in [0, 0.05) is 24.1 Å². The van der Waals surface area contributed by atoms with E-state index >= 15 is 0 Å². The second-order valence-corrected chi connectivity index (χ2v) is 5.63. The second-order valence-electron chi connectivity index (χ2n) is 3.09. The predicted molar refractivity (Wildman–Crippen MR) is 61.9 cm³/mol. The zero-order chi connectivity index (χ0) is 10.7. The third-order valence-electron chi connectivity index (χ3n) is 1.90. The van der Waals surface area contributed by atoms with Crippen molar-refractivity contribution in [3.8, 4) is 0 Å². The molecule has 0 aliphatic heterocycles. The summed E-state index contributed by atoms with van der Waals surface area (Å²) in [4.78, 5) is 1.22. The van der Waals surface area contributed by atoms with Gasteiger partial charge in [-0.3, -0.25) is 0 Å². The van der Waals surface area contributed by atoms with E-state index in [1.807, 2.05) is 12.3 Å². The van der Waals surface area contributed by atoms with Gasteiger partial charge in [-0.25, -0.2) is 4.68 Å². The van der Waals surface area contributed by atoms with Gasteiger partial charge in [0.2, 0.25) is 0 Å². The zero-order valence-corrected chi connectivity index (χ0v) is 10.3. The van der Waals surface area contributed by atoms with Crippen molar-refractivity contribution in [1.29, 1.82) is 0 Å². The monoisotopic (exact) mass is 287 g/mol. The fraction of sp³-hybridized carbons (Fsp3) is 0.333. The van der Waals surface area contributed by atoms with E-state index in [1.165, 1.54) is 4.88 Å². The van der Waals surface area contributed by atoms with Crippen LogP contribution in [0.2, 0.25) is 0 Å². The third kappa shape index (κ3) is 2.87. The molecule has 2 aromatic rings. The highest BCUT2D eigenvalue weighted by Crippen LogP contribution is 2.22. The number of thiophene rings is 1. The molecular weight excluding hydrogens is 278 g/mol. The summed E-state index contributed by atoms with van der Waals surface area (Å²) in [6.07, 6.45) is 2.43. The molecule has 0 aliphatic carbocycles. The van der Waals surface area contributed by atoms with E-state index in [4.69, 9.17) is 5.11 Å². The smallest absolute Gasteiger partial charge is 0.0850 e. The van der Waals surface area contributed by atoms with Crippen molar-refractivity contribution in [3.05, 3.63) is 32.7 Å². The quantitative estimate of drug-likeness (QED) is 0.931. The summed E-state index contributed by atoms with van der Waals surface area (Å²) < 4.78 is 2.90.